The number of likely N-dealkylation sites (tertiary alicyclic amines) is 1. The van der Waals surface area contributed by atoms with Gasteiger partial charge in [0.05, 0.1) is 31.9 Å². The van der Waals surface area contributed by atoms with Crippen molar-refractivity contribution >= 4 is 34.2 Å². The zero-order chi connectivity index (χ0) is 20.7. The molecule has 156 valence electrons. The second-order valence-electron chi connectivity index (χ2n) is 7.29. The summed E-state index contributed by atoms with van der Waals surface area (Å²) in [5, 5.41) is 3.42. The summed E-state index contributed by atoms with van der Waals surface area (Å²) in [5.74, 6) is -0.664. The number of hydrogen-bond acceptors (Lipinski definition) is 6. The summed E-state index contributed by atoms with van der Waals surface area (Å²) < 4.78 is 10.2. The van der Waals surface area contributed by atoms with Crippen molar-refractivity contribution < 1.29 is 28.8 Å². The van der Waals surface area contributed by atoms with Gasteiger partial charge in [-0.25, -0.2) is 4.79 Å². The van der Waals surface area contributed by atoms with E-state index in [2.05, 4.69) is 5.32 Å². The first-order chi connectivity index (χ1) is 13.3. The van der Waals surface area contributed by atoms with E-state index in [-0.39, 0.29) is 36.9 Å². The fraction of sp³-hybridized carbons (Fsp3) is 0.650. The Morgan fingerprint density at radius 1 is 1.25 bits per heavy atom. The SMILES string of the molecule is CCOC(=O)c1cc(C(C)C)sc1NC(=O)C[NH+]1CCC[C@H](C(=O)OCC)C1. The first-order valence-electron chi connectivity index (χ1n) is 9.96. The molecule has 2 rings (SSSR count). The fourth-order valence-electron chi connectivity index (χ4n) is 3.32. The summed E-state index contributed by atoms with van der Waals surface area (Å²) in [6, 6.07) is 1.80. The molecule has 8 heteroatoms. The minimum absolute atomic E-state index is 0.152. The quantitative estimate of drug-likeness (QED) is 0.638. The molecule has 1 saturated heterocycles. The lowest BCUT2D eigenvalue weighted by atomic mass is 9.98. The van der Waals surface area contributed by atoms with Gasteiger partial charge in [-0.2, -0.15) is 0 Å². The Morgan fingerprint density at radius 3 is 2.61 bits per heavy atom. The Balaban J connectivity index is 2.02. The molecule has 1 aliphatic rings. The van der Waals surface area contributed by atoms with E-state index in [1.165, 1.54) is 11.3 Å². The van der Waals surface area contributed by atoms with Gasteiger partial charge in [-0.15, -0.1) is 11.3 Å². The van der Waals surface area contributed by atoms with Crippen LogP contribution < -0.4 is 10.2 Å². The van der Waals surface area contributed by atoms with Gasteiger partial charge in [0, 0.05) is 4.88 Å². The maximum atomic E-state index is 12.6. The number of amides is 1. The number of quaternary nitrogens is 1. The molecule has 1 unspecified atom stereocenters. The molecule has 2 N–H and O–H groups in total. The lowest BCUT2D eigenvalue weighted by molar-refractivity contribution is -0.899. The van der Waals surface area contributed by atoms with E-state index in [1.807, 2.05) is 13.8 Å². The molecule has 1 fully saturated rings. The van der Waals surface area contributed by atoms with Crippen LogP contribution in [-0.4, -0.2) is 50.7 Å². The van der Waals surface area contributed by atoms with Gasteiger partial charge in [0.15, 0.2) is 6.54 Å². The van der Waals surface area contributed by atoms with Crippen LogP contribution in [0.4, 0.5) is 5.00 Å². The molecule has 1 amide bonds. The van der Waals surface area contributed by atoms with Gasteiger partial charge in [0.25, 0.3) is 5.91 Å². The topological polar surface area (TPSA) is 86.1 Å². The Kier molecular flexibility index (Phi) is 8.44. The zero-order valence-corrected chi connectivity index (χ0v) is 17.9. The summed E-state index contributed by atoms with van der Waals surface area (Å²) >= 11 is 1.41. The number of thiophene rings is 1. The Morgan fingerprint density at radius 2 is 1.96 bits per heavy atom. The van der Waals surface area contributed by atoms with Gasteiger partial charge in [-0.1, -0.05) is 13.8 Å². The van der Waals surface area contributed by atoms with Crippen LogP contribution in [0.3, 0.4) is 0 Å². The van der Waals surface area contributed by atoms with E-state index in [0.29, 0.717) is 23.7 Å². The molecule has 0 saturated carbocycles. The minimum Gasteiger partial charge on any atom is -0.466 e. The number of carbonyl (C=O) groups is 3. The van der Waals surface area contributed by atoms with E-state index in [9.17, 15) is 14.4 Å². The van der Waals surface area contributed by atoms with Crippen molar-refractivity contribution in [1.29, 1.82) is 0 Å². The fourth-order valence-corrected chi connectivity index (χ4v) is 4.38. The zero-order valence-electron chi connectivity index (χ0n) is 17.1. The number of nitrogens with one attached hydrogen (secondary N) is 2. The number of piperidine rings is 1. The molecule has 1 aliphatic heterocycles. The number of anilines is 1. The largest absolute Gasteiger partial charge is 0.466 e. The van der Waals surface area contributed by atoms with Crippen molar-refractivity contribution in [2.45, 2.75) is 46.5 Å². The molecule has 2 atom stereocenters. The summed E-state index contributed by atoms with van der Waals surface area (Å²) in [4.78, 5) is 38.9. The second kappa shape index (κ2) is 10.6. The van der Waals surface area contributed by atoms with Crippen molar-refractivity contribution in [3.05, 3.63) is 16.5 Å². The molecule has 7 nitrogen and oxygen atoms in total. The maximum absolute atomic E-state index is 12.6. The number of hydrogen-bond donors (Lipinski definition) is 2. The summed E-state index contributed by atoms with van der Waals surface area (Å²) in [7, 11) is 0. The van der Waals surface area contributed by atoms with E-state index in [0.717, 1.165) is 29.2 Å². The Hall–Kier alpha value is -1.93. The van der Waals surface area contributed by atoms with Crippen LogP contribution in [0.5, 0.6) is 0 Å². The van der Waals surface area contributed by atoms with Gasteiger partial charge in [-0.3, -0.25) is 9.59 Å². The number of ether oxygens (including phenoxy) is 2. The third-order valence-corrected chi connectivity index (χ3v) is 6.07. The van der Waals surface area contributed by atoms with Crippen molar-refractivity contribution in [2.24, 2.45) is 5.92 Å². The summed E-state index contributed by atoms with van der Waals surface area (Å²) in [6.07, 6.45) is 1.69. The van der Waals surface area contributed by atoms with E-state index >= 15 is 0 Å². The van der Waals surface area contributed by atoms with Gasteiger partial charge < -0.3 is 19.7 Å². The average Bonchev–Trinajstić information content (AvgIpc) is 3.06. The highest BCUT2D eigenvalue weighted by molar-refractivity contribution is 7.16. The van der Waals surface area contributed by atoms with Crippen LogP contribution in [-0.2, 0) is 19.1 Å². The Labute approximate surface area is 170 Å². The monoisotopic (exact) mass is 411 g/mol. The predicted octanol–water partition coefficient (Wildman–Crippen LogP) is 1.84. The molecule has 0 radical (unpaired) electrons. The van der Waals surface area contributed by atoms with Crippen LogP contribution in [0.25, 0.3) is 0 Å². The number of carbonyl (C=O) groups excluding carboxylic acids is 3. The van der Waals surface area contributed by atoms with Crippen LogP contribution in [0, 0.1) is 5.92 Å². The highest BCUT2D eigenvalue weighted by Crippen LogP contribution is 2.33. The minimum atomic E-state index is -0.423. The smallest absolute Gasteiger partial charge is 0.341 e. The van der Waals surface area contributed by atoms with Crippen molar-refractivity contribution in [1.82, 2.24) is 0 Å². The molecule has 0 aromatic carbocycles. The highest BCUT2D eigenvalue weighted by atomic mass is 32.1. The first-order valence-corrected chi connectivity index (χ1v) is 10.8. The molecule has 28 heavy (non-hydrogen) atoms. The molecule has 1 aromatic rings. The van der Waals surface area contributed by atoms with Gasteiger partial charge in [-0.05, 0) is 38.7 Å². The third-order valence-electron chi connectivity index (χ3n) is 4.72. The molecular weight excluding hydrogens is 380 g/mol. The summed E-state index contributed by atoms with van der Waals surface area (Å²) in [5.41, 5.74) is 0.405. The second-order valence-corrected chi connectivity index (χ2v) is 8.37. The lowest BCUT2D eigenvalue weighted by Gasteiger charge is -2.28. The van der Waals surface area contributed by atoms with Crippen LogP contribution >= 0.6 is 11.3 Å². The van der Waals surface area contributed by atoms with E-state index in [4.69, 9.17) is 9.47 Å². The maximum Gasteiger partial charge on any atom is 0.341 e. The van der Waals surface area contributed by atoms with Crippen LogP contribution in [0.1, 0.15) is 61.7 Å². The molecular formula is C20H31N2O5S+. The van der Waals surface area contributed by atoms with Gasteiger partial charge in [0.1, 0.15) is 10.9 Å². The van der Waals surface area contributed by atoms with Crippen molar-refractivity contribution in [3.63, 3.8) is 0 Å². The predicted molar refractivity (Wildman–Crippen MR) is 108 cm³/mol. The highest BCUT2D eigenvalue weighted by Gasteiger charge is 2.31. The van der Waals surface area contributed by atoms with Crippen molar-refractivity contribution in [3.8, 4) is 0 Å². The third kappa shape index (κ3) is 6.04. The molecule has 0 spiro atoms. The lowest BCUT2D eigenvalue weighted by Crippen LogP contribution is -3.14. The standard InChI is InChI=1S/C20H30N2O5S/c1-5-26-19(24)14-8-7-9-22(11-14)12-17(23)21-18-15(20(25)27-6-2)10-16(28-18)13(3)4/h10,13-14H,5-9,11-12H2,1-4H3,(H,21,23)/p+1/t14-/m0/s1. The van der Waals surface area contributed by atoms with Gasteiger partial charge in [0.2, 0.25) is 0 Å². The normalized spacial score (nSPS) is 19.3. The van der Waals surface area contributed by atoms with Crippen molar-refractivity contribution in [2.75, 3.05) is 38.2 Å². The average molecular weight is 412 g/mol. The molecule has 2 heterocycles. The number of esters is 2. The van der Waals surface area contributed by atoms with E-state index < -0.39 is 5.97 Å². The molecule has 1 aromatic heterocycles. The van der Waals surface area contributed by atoms with E-state index in [1.54, 1.807) is 19.9 Å². The Bertz CT molecular complexity index is 701. The van der Waals surface area contributed by atoms with Crippen LogP contribution in [0.2, 0.25) is 0 Å². The molecule has 0 bridgehead atoms. The first kappa shape index (κ1) is 22.4. The summed E-state index contributed by atoms with van der Waals surface area (Å²) in [6.45, 7) is 9.99. The van der Waals surface area contributed by atoms with Crippen LogP contribution in [0.15, 0.2) is 6.07 Å². The molecule has 0 aliphatic carbocycles. The number of rotatable bonds is 8. The van der Waals surface area contributed by atoms with Gasteiger partial charge >= 0.3 is 11.9 Å².